The molecule has 0 aliphatic carbocycles. The molecule has 0 bridgehead atoms. The summed E-state index contributed by atoms with van der Waals surface area (Å²) in [6.45, 7) is 8.08. The second-order valence-corrected chi connectivity index (χ2v) is 6.59. The van der Waals surface area contributed by atoms with Crippen LogP contribution in [0.5, 0.6) is 0 Å². The Morgan fingerprint density at radius 1 is 1.33 bits per heavy atom. The summed E-state index contributed by atoms with van der Waals surface area (Å²) in [5.41, 5.74) is 0. The molecule has 6 nitrogen and oxygen atoms in total. The quantitative estimate of drug-likeness (QED) is 0.860. The molecule has 2 heterocycles. The van der Waals surface area contributed by atoms with Crippen LogP contribution in [0.15, 0.2) is 18.6 Å². The van der Waals surface area contributed by atoms with Gasteiger partial charge in [-0.2, -0.15) is 0 Å². The van der Waals surface area contributed by atoms with Crippen LogP contribution in [0.25, 0.3) is 0 Å². The molecule has 2 rings (SSSR count). The highest BCUT2D eigenvalue weighted by molar-refractivity contribution is 7.11. The lowest BCUT2D eigenvalue weighted by atomic mass is 10.2. The maximum absolute atomic E-state index is 11.8. The number of amides is 2. The Kier molecular flexibility index (Phi) is 5.32. The molecule has 0 aliphatic rings. The highest BCUT2D eigenvalue weighted by atomic mass is 32.1. The molecule has 2 aromatic heterocycles. The molecule has 0 aliphatic heterocycles. The number of hydrogen-bond acceptors (Lipinski definition) is 4. The summed E-state index contributed by atoms with van der Waals surface area (Å²) in [6.07, 6.45) is 5.49. The second-order valence-electron chi connectivity index (χ2n) is 5.27. The number of imidazole rings is 1. The predicted molar refractivity (Wildman–Crippen MR) is 83.0 cm³/mol. The smallest absolute Gasteiger partial charge is 0.315 e. The lowest BCUT2D eigenvalue weighted by molar-refractivity contribution is 0.239. The first-order chi connectivity index (χ1) is 10.0. The van der Waals surface area contributed by atoms with Gasteiger partial charge < -0.3 is 15.2 Å². The summed E-state index contributed by atoms with van der Waals surface area (Å²) < 4.78 is 2.07. The zero-order chi connectivity index (χ0) is 15.2. The van der Waals surface area contributed by atoms with Crippen LogP contribution in [0.2, 0.25) is 0 Å². The fraction of sp³-hybridized carbons (Fsp3) is 0.500. The SMILES string of the molecule is Cc1ncc(CNC(=O)NCc2nccn2CC(C)C)s1. The Morgan fingerprint density at radius 2 is 2.10 bits per heavy atom. The van der Waals surface area contributed by atoms with E-state index in [0.717, 1.165) is 22.3 Å². The van der Waals surface area contributed by atoms with Crippen molar-refractivity contribution < 1.29 is 4.79 Å². The summed E-state index contributed by atoms with van der Waals surface area (Å²) in [5, 5.41) is 6.65. The van der Waals surface area contributed by atoms with Gasteiger partial charge in [0.05, 0.1) is 18.1 Å². The number of carbonyl (C=O) groups is 1. The summed E-state index contributed by atoms with van der Waals surface area (Å²) in [7, 11) is 0. The van der Waals surface area contributed by atoms with Gasteiger partial charge in [-0.05, 0) is 12.8 Å². The van der Waals surface area contributed by atoms with Crippen molar-refractivity contribution in [2.45, 2.75) is 40.4 Å². The van der Waals surface area contributed by atoms with Gasteiger partial charge in [0.1, 0.15) is 5.82 Å². The van der Waals surface area contributed by atoms with Crippen LogP contribution in [0.3, 0.4) is 0 Å². The van der Waals surface area contributed by atoms with Gasteiger partial charge in [-0.15, -0.1) is 11.3 Å². The predicted octanol–water partition coefficient (Wildman–Crippen LogP) is 2.30. The number of aromatic nitrogens is 3. The van der Waals surface area contributed by atoms with E-state index in [9.17, 15) is 4.79 Å². The first-order valence-corrected chi connectivity index (χ1v) is 7.79. The van der Waals surface area contributed by atoms with Crippen LogP contribution in [-0.4, -0.2) is 20.6 Å². The number of carbonyl (C=O) groups excluding carboxylic acids is 1. The van der Waals surface area contributed by atoms with Crippen LogP contribution in [0, 0.1) is 12.8 Å². The highest BCUT2D eigenvalue weighted by Gasteiger charge is 2.07. The molecule has 114 valence electrons. The fourth-order valence-electron chi connectivity index (χ4n) is 1.94. The van der Waals surface area contributed by atoms with E-state index in [2.05, 4.69) is 39.0 Å². The number of nitrogens with zero attached hydrogens (tertiary/aromatic N) is 3. The first kappa shape index (κ1) is 15.5. The molecule has 2 aromatic rings. The normalized spacial score (nSPS) is 10.9. The van der Waals surface area contributed by atoms with Gasteiger partial charge in [-0.25, -0.2) is 14.8 Å². The molecule has 0 spiro atoms. The van der Waals surface area contributed by atoms with Crippen LogP contribution in [0.4, 0.5) is 4.79 Å². The number of nitrogens with one attached hydrogen (secondary N) is 2. The van der Waals surface area contributed by atoms with Gasteiger partial charge in [0.2, 0.25) is 0 Å². The number of hydrogen-bond donors (Lipinski definition) is 2. The molecule has 21 heavy (non-hydrogen) atoms. The van der Waals surface area contributed by atoms with Crippen molar-refractivity contribution in [2.24, 2.45) is 5.92 Å². The average Bonchev–Trinajstić information content (AvgIpc) is 3.02. The van der Waals surface area contributed by atoms with Gasteiger partial charge in [0, 0.05) is 30.0 Å². The van der Waals surface area contributed by atoms with Gasteiger partial charge in [-0.3, -0.25) is 0 Å². The molecular formula is C14H21N5OS. The number of thiazole rings is 1. The molecule has 0 radical (unpaired) electrons. The topological polar surface area (TPSA) is 71.8 Å². The lowest BCUT2D eigenvalue weighted by Crippen LogP contribution is -2.35. The Balaban J connectivity index is 1.77. The molecule has 2 N–H and O–H groups in total. The van der Waals surface area contributed by atoms with Crippen molar-refractivity contribution in [1.29, 1.82) is 0 Å². The van der Waals surface area contributed by atoms with Crippen molar-refractivity contribution in [3.8, 4) is 0 Å². The van der Waals surface area contributed by atoms with Gasteiger partial charge in [-0.1, -0.05) is 13.8 Å². The van der Waals surface area contributed by atoms with E-state index in [4.69, 9.17) is 0 Å². The summed E-state index contributed by atoms with van der Waals surface area (Å²) in [5.74, 6) is 1.41. The summed E-state index contributed by atoms with van der Waals surface area (Å²) >= 11 is 1.58. The zero-order valence-corrected chi connectivity index (χ0v) is 13.4. The van der Waals surface area contributed by atoms with Crippen LogP contribution < -0.4 is 10.6 Å². The third-order valence-corrected chi connectivity index (χ3v) is 3.78. The Bertz CT molecular complexity index is 590. The van der Waals surface area contributed by atoms with Crippen LogP contribution in [-0.2, 0) is 19.6 Å². The maximum atomic E-state index is 11.8. The van der Waals surface area contributed by atoms with E-state index >= 15 is 0 Å². The molecule has 0 unspecified atom stereocenters. The Labute approximate surface area is 128 Å². The van der Waals surface area contributed by atoms with E-state index in [0.29, 0.717) is 19.0 Å². The van der Waals surface area contributed by atoms with Crippen molar-refractivity contribution in [1.82, 2.24) is 25.2 Å². The van der Waals surface area contributed by atoms with Gasteiger partial charge >= 0.3 is 6.03 Å². The summed E-state index contributed by atoms with van der Waals surface area (Å²) in [4.78, 5) is 21.3. The number of aryl methyl sites for hydroxylation is 1. The first-order valence-electron chi connectivity index (χ1n) is 6.97. The minimum absolute atomic E-state index is 0.194. The minimum atomic E-state index is -0.194. The lowest BCUT2D eigenvalue weighted by Gasteiger charge is -2.11. The second kappa shape index (κ2) is 7.21. The Morgan fingerprint density at radius 3 is 2.76 bits per heavy atom. The maximum Gasteiger partial charge on any atom is 0.315 e. The van der Waals surface area contributed by atoms with Crippen molar-refractivity contribution in [3.63, 3.8) is 0 Å². The molecule has 0 saturated carbocycles. The zero-order valence-electron chi connectivity index (χ0n) is 12.6. The largest absolute Gasteiger partial charge is 0.333 e. The summed E-state index contributed by atoms with van der Waals surface area (Å²) in [6, 6.07) is -0.194. The molecular weight excluding hydrogens is 286 g/mol. The van der Waals surface area contributed by atoms with Crippen molar-refractivity contribution in [2.75, 3.05) is 0 Å². The third kappa shape index (κ3) is 4.86. The molecule has 7 heteroatoms. The van der Waals surface area contributed by atoms with Crippen molar-refractivity contribution in [3.05, 3.63) is 34.3 Å². The van der Waals surface area contributed by atoms with Crippen LogP contribution >= 0.6 is 11.3 Å². The fourth-order valence-corrected chi connectivity index (χ4v) is 2.68. The van der Waals surface area contributed by atoms with Gasteiger partial charge in [0.15, 0.2) is 0 Å². The minimum Gasteiger partial charge on any atom is -0.333 e. The van der Waals surface area contributed by atoms with Gasteiger partial charge in [0.25, 0.3) is 0 Å². The highest BCUT2D eigenvalue weighted by Crippen LogP contribution is 2.10. The molecule has 2 amide bonds. The van der Waals surface area contributed by atoms with E-state index < -0.39 is 0 Å². The molecule has 0 aromatic carbocycles. The molecule has 0 atom stereocenters. The van der Waals surface area contributed by atoms with E-state index in [1.165, 1.54) is 0 Å². The van der Waals surface area contributed by atoms with Crippen molar-refractivity contribution >= 4 is 17.4 Å². The van der Waals surface area contributed by atoms with E-state index in [-0.39, 0.29) is 6.03 Å². The van der Waals surface area contributed by atoms with E-state index in [1.807, 2.05) is 13.1 Å². The van der Waals surface area contributed by atoms with E-state index in [1.54, 1.807) is 23.7 Å². The monoisotopic (exact) mass is 307 g/mol. The number of rotatable bonds is 6. The standard InChI is InChI=1S/C14H21N5OS/c1-10(2)9-19-5-4-15-13(19)8-18-14(20)17-7-12-6-16-11(3)21-12/h4-6,10H,7-9H2,1-3H3,(H2,17,18,20). The third-order valence-electron chi connectivity index (χ3n) is 2.86. The number of urea groups is 1. The molecule has 0 fully saturated rings. The molecule has 0 saturated heterocycles. The van der Waals surface area contributed by atoms with Crippen LogP contribution in [0.1, 0.15) is 29.6 Å². The average molecular weight is 307 g/mol. The Hall–Kier alpha value is -1.89.